The SMILES string of the molecule is CCOCCN(C)CCCn1cc2cc(-n3nc(C)c(C(C)C)c3C)c(C)nc2n1. The van der Waals surface area contributed by atoms with E-state index in [0.29, 0.717) is 5.92 Å². The molecule has 0 unspecified atom stereocenters. The summed E-state index contributed by atoms with van der Waals surface area (Å²) in [4.78, 5) is 7.07. The lowest BCUT2D eigenvalue weighted by Gasteiger charge is -2.15. The van der Waals surface area contributed by atoms with Crippen molar-refractivity contribution < 1.29 is 4.74 Å². The third kappa shape index (κ3) is 4.90. The van der Waals surface area contributed by atoms with Crippen LogP contribution in [0.15, 0.2) is 12.3 Å². The Morgan fingerprint density at radius 3 is 2.53 bits per heavy atom. The Morgan fingerprint density at radius 2 is 1.87 bits per heavy atom. The number of likely N-dealkylation sites (N-methyl/N-ethyl adjacent to an activating group) is 1. The van der Waals surface area contributed by atoms with Crippen LogP contribution in [0.1, 0.15) is 55.8 Å². The summed E-state index contributed by atoms with van der Waals surface area (Å²) in [7, 11) is 2.13. The van der Waals surface area contributed by atoms with E-state index in [4.69, 9.17) is 14.8 Å². The fraction of sp³-hybridized carbons (Fsp3) is 0.609. The minimum absolute atomic E-state index is 0.449. The zero-order valence-corrected chi connectivity index (χ0v) is 19.6. The van der Waals surface area contributed by atoms with E-state index >= 15 is 0 Å². The number of hydrogen-bond donors (Lipinski definition) is 0. The molecule has 0 aliphatic rings. The van der Waals surface area contributed by atoms with E-state index in [9.17, 15) is 0 Å². The quantitative estimate of drug-likeness (QED) is 0.471. The second-order valence-corrected chi connectivity index (χ2v) is 8.40. The monoisotopic (exact) mass is 412 g/mol. The average molecular weight is 413 g/mol. The van der Waals surface area contributed by atoms with Crippen molar-refractivity contribution in [3.63, 3.8) is 0 Å². The molecule has 0 fully saturated rings. The van der Waals surface area contributed by atoms with Crippen molar-refractivity contribution >= 4 is 11.0 Å². The number of hydrogen-bond acceptors (Lipinski definition) is 5. The molecule has 7 heteroatoms. The van der Waals surface area contributed by atoms with Crippen molar-refractivity contribution in [1.82, 2.24) is 29.4 Å². The summed E-state index contributed by atoms with van der Waals surface area (Å²) in [6.07, 6.45) is 3.14. The van der Waals surface area contributed by atoms with Gasteiger partial charge in [0.25, 0.3) is 0 Å². The third-order valence-electron chi connectivity index (χ3n) is 5.61. The van der Waals surface area contributed by atoms with Gasteiger partial charge >= 0.3 is 0 Å². The first-order chi connectivity index (χ1) is 14.3. The molecule has 7 nitrogen and oxygen atoms in total. The summed E-state index contributed by atoms with van der Waals surface area (Å²) in [6, 6.07) is 2.17. The molecular weight excluding hydrogens is 376 g/mol. The summed E-state index contributed by atoms with van der Waals surface area (Å²) >= 11 is 0. The first-order valence-electron chi connectivity index (χ1n) is 11.0. The van der Waals surface area contributed by atoms with Gasteiger partial charge in [0.1, 0.15) is 0 Å². The smallest absolute Gasteiger partial charge is 0.181 e. The molecular formula is C23H36N6O. The Labute approximate surface area is 180 Å². The molecule has 3 aromatic rings. The lowest BCUT2D eigenvalue weighted by Crippen LogP contribution is -2.25. The highest BCUT2D eigenvalue weighted by atomic mass is 16.5. The Bertz CT molecular complexity index is 987. The minimum atomic E-state index is 0.449. The van der Waals surface area contributed by atoms with Crippen molar-refractivity contribution in [1.29, 1.82) is 0 Å². The summed E-state index contributed by atoms with van der Waals surface area (Å²) < 4.78 is 9.47. The van der Waals surface area contributed by atoms with Crippen LogP contribution < -0.4 is 0 Å². The number of nitrogens with zero attached hydrogens (tertiary/aromatic N) is 6. The molecule has 0 saturated carbocycles. The van der Waals surface area contributed by atoms with Crippen LogP contribution in [0.3, 0.4) is 0 Å². The molecule has 0 aliphatic carbocycles. The molecule has 0 spiro atoms. The van der Waals surface area contributed by atoms with Gasteiger partial charge < -0.3 is 9.64 Å². The Balaban J connectivity index is 1.75. The normalized spacial score (nSPS) is 12.0. The van der Waals surface area contributed by atoms with E-state index in [0.717, 1.165) is 67.4 Å². The topological polar surface area (TPSA) is 61.0 Å². The highest BCUT2D eigenvalue weighted by Gasteiger charge is 2.18. The summed E-state index contributed by atoms with van der Waals surface area (Å²) in [5, 5.41) is 10.6. The van der Waals surface area contributed by atoms with Crippen LogP contribution >= 0.6 is 0 Å². The molecule has 0 radical (unpaired) electrons. The van der Waals surface area contributed by atoms with Crippen molar-refractivity contribution in [2.75, 3.05) is 33.4 Å². The molecule has 0 amide bonds. The lowest BCUT2D eigenvalue weighted by molar-refractivity contribution is 0.121. The van der Waals surface area contributed by atoms with Crippen LogP contribution in [0.25, 0.3) is 16.7 Å². The van der Waals surface area contributed by atoms with Crippen LogP contribution in [0.2, 0.25) is 0 Å². The Kier molecular flexibility index (Phi) is 7.26. The average Bonchev–Trinajstić information content (AvgIpc) is 3.20. The van der Waals surface area contributed by atoms with E-state index in [1.807, 2.05) is 23.2 Å². The summed E-state index contributed by atoms with van der Waals surface area (Å²) in [6.45, 7) is 17.1. The highest BCUT2D eigenvalue weighted by Crippen LogP contribution is 2.27. The van der Waals surface area contributed by atoms with Crippen molar-refractivity contribution in [2.24, 2.45) is 0 Å². The van der Waals surface area contributed by atoms with Gasteiger partial charge in [0.05, 0.1) is 23.7 Å². The zero-order valence-electron chi connectivity index (χ0n) is 19.6. The highest BCUT2D eigenvalue weighted by molar-refractivity contribution is 5.77. The van der Waals surface area contributed by atoms with Crippen LogP contribution in [-0.2, 0) is 11.3 Å². The number of ether oxygens (including phenoxy) is 1. The van der Waals surface area contributed by atoms with Gasteiger partial charge in [-0.25, -0.2) is 9.67 Å². The number of aryl methyl sites for hydroxylation is 3. The van der Waals surface area contributed by atoms with Gasteiger partial charge in [0, 0.05) is 37.0 Å². The first kappa shape index (κ1) is 22.4. The molecule has 164 valence electrons. The molecule has 0 aliphatic heterocycles. The van der Waals surface area contributed by atoms with E-state index in [1.165, 1.54) is 11.3 Å². The fourth-order valence-corrected chi connectivity index (χ4v) is 4.12. The first-order valence-corrected chi connectivity index (χ1v) is 11.0. The molecule has 0 bridgehead atoms. The van der Waals surface area contributed by atoms with Crippen LogP contribution in [0.5, 0.6) is 0 Å². The van der Waals surface area contributed by atoms with Gasteiger partial charge in [-0.05, 0) is 65.3 Å². The number of rotatable bonds is 10. The predicted molar refractivity (Wildman–Crippen MR) is 122 cm³/mol. The van der Waals surface area contributed by atoms with Crippen molar-refractivity contribution in [3.8, 4) is 5.69 Å². The maximum atomic E-state index is 5.42. The van der Waals surface area contributed by atoms with Gasteiger partial charge in [-0.3, -0.25) is 4.68 Å². The molecule has 30 heavy (non-hydrogen) atoms. The van der Waals surface area contributed by atoms with E-state index < -0.39 is 0 Å². The van der Waals surface area contributed by atoms with E-state index in [2.05, 4.69) is 57.0 Å². The fourth-order valence-electron chi connectivity index (χ4n) is 4.12. The van der Waals surface area contributed by atoms with Crippen LogP contribution in [-0.4, -0.2) is 62.8 Å². The predicted octanol–water partition coefficient (Wildman–Crippen LogP) is 4.02. The second-order valence-electron chi connectivity index (χ2n) is 8.40. The largest absolute Gasteiger partial charge is 0.380 e. The van der Waals surface area contributed by atoms with Crippen molar-refractivity contribution in [3.05, 3.63) is 34.9 Å². The molecule has 0 N–H and O–H groups in total. The third-order valence-corrected chi connectivity index (χ3v) is 5.61. The Hall–Kier alpha value is -2.25. The van der Waals surface area contributed by atoms with Crippen LogP contribution in [0, 0.1) is 20.8 Å². The number of fused-ring (bicyclic) bond motifs is 1. The molecule has 0 saturated heterocycles. The van der Waals surface area contributed by atoms with Gasteiger partial charge in [-0.1, -0.05) is 13.8 Å². The summed E-state index contributed by atoms with van der Waals surface area (Å²) in [5.41, 5.74) is 6.38. The van der Waals surface area contributed by atoms with Gasteiger partial charge in [0.2, 0.25) is 0 Å². The van der Waals surface area contributed by atoms with E-state index in [1.54, 1.807) is 0 Å². The van der Waals surface area contributed by atoms with Crippen LogP contribution in [0.4, 0.5) is 0 Å². The van der Waals surface area contributed by atoms with Crippen molar-refractivity contribution in [2.45, 2.75) is 60.4 Å². The van der Waals surface area contributed by atoms with Gasteiger partial charge in [0.15, 0.2) is 5.65 Å². The standard InChI is InChI=1S/C23H36N6O/c1-8-30-13-12-27(7)10-9-11-28-15-20-14-21(17(4)24-23(20)26-28)29-19(6)22(16(2)3)18(5)25-29/h14-16H,8-13H2,1-7H3. The minimum Gasteiger partial charge on any atom is -0.380 e. The van der Waals surface area contributed by atoms with E-state index in [-0.39, 0.29) is 0 Å². The lowest BCUT2D eigenvalue weighted by atomic mass is 10.0. The maximum Gasteiger partial charge on any atom is 0.181 e. The molecule has 0 atom stereocenters. The second kappa shape index (κ2) is 9.71. The van der Waals surface area contributed by atoms with Gasteiger partial charge in [-0.15, -0.1) is 0 Å². The summed E-state index contributed by atoms with van der Waals surface area (Å²) in [5.74, 6) is 0.449. The van der Waals surface area contributed by atoms with Gasteiger partial charge in [-0.2, -0.15) is 10.2 Å². The number of aromatic nitrogens is 5. The number of pyridine rings is 1. The zero-order chi connectivity index (χ0) is 21.8. The molecule has 0 aromatic carbocycles. The molecule has 3 aromatic heterocycles. The maximum absolute atomic E-state index is 5.42. The molecule has 3 heterocycles. The Morgan fingerprint density at radius 1 is 1.10 bits per heavy atom. The molecule has 3 rings (SSSR count).